The normalized spacial score (nSPS) is 29.4. The van der Waals surface area contributed by atoms with Crippen LogP contribution in [-0.4, -0.2) is 18.5 Å². The van der Waals surface area contributed by atoms with Crippen LogP contribution in [0.25, 0.3) is 0 Å². The van der Waals surface area contributed by atoms with Gasteiger partial charge < -0.3 is 10.6 Å². The maximum Gasteiger partial charge on any atom is 0.237 e. The van der Waals surface area contributed by atoms with Gasteiger partial charge in [0, 0.05) is 4.88 Å². The zero-order valence-electron chi connectivity index (χ0n) is 11.4. The molecule has 1 aliphatic heterocycles. The Balaban J connectivity index is 1.57. The third kappa shape index (κ3) is 2.56. The molecule has 19 heavy (non-hydrogen) atoms. The molecule has 2 heterocycles. The molecule has 2 aliphatic rings. The Hall–Kier alpha value is -0.870. The molecule has 1 saturated heterocycles. The molecular formula is C15H22N2OS. The van der Waals surface area contributed by atoms with Crippen LogP contribution in [0.2, 0.25) is 0 Å². The Labute approximate surface area is 118 Å². The molecule has 3 rings (SSSR count). The monoisotopic (exact) mass is 278 g/mol. The Bertz CT molecular complexity index is 457. The summed E-state index contributed by atoms with van der Waals surface area (Å²) >= 11 is 1.74. The van der Waals surface area contributed by atoms with E-state index in [1.54, 1.807) is 11.3 Å². The Morgan fingerprint density at radius 1 is 1.53 bits per heavy atom. The number of nitrogens with one attached hydrogen (secondary N) is 2. The molecule has 4 heteroatoms. The minimum atomic E-state index is 0.0533. The van der Waals surface area contributed by atoms with E-state index in [4.69, 9.17) is 0 Å². The van der Waals surface area contributed by atoms with Crippen LogP contribution in [0.1, 0.15) is 36.6 Å². The highest BCUT2D eigenvalue weighted by molar-refractivity contribution is 7.10. The average molecular weight is 278 g/mol. The largest absolute Gasteiger partial charge is 0.350 e. The number of carbonyl (C=O) groups is 1. The van der Waals surface area contributed by atoms with Crippen molar-refractivity contribution in [1.29, 1.82) is 0 Å². The fourth-order valence-electron chi connectivity index (χ4n) is 3.59. The predicted molar refractivity (Wildman–Crippen MR) is 78.2 cm³/mol. The quantitative estimate of drug-likeness (QED) is 0.887. The summed E-state index contributed by atoms with van der Waals surface area (Å²) < 4.78 is 0. The summed E-state index contributed by atoms with van der Waals surface area (Å²) in [6, 6.07) is 2.21. The lowest BCUT2D eigenvalue weighted by Gasteiger charge is -2.17. The highest BCUT2D eigenvalue weighted by Gasteiger charge is 2.42. The lowest BCUT2D eigenvalue weighted by Crippen LogP contribution is -2.43. The van der Waals surface area contributed by atoms with Crippen molar-refractivity contribution in [2.24, 2.45) is 11.8 Å². The van der Waals surface area contributed by atoms with E-state index in [1.165, 1.54) is 29.7 Å². The summed E-state index contributed by atoms with van der Waals surface area (Å²) in [5.41, 5.74) is 1.36. The highest BCUT2D eigenvalue weighted by atomic mass is 32.1. The number of aryl methyl sites for hydroxylation is 1. The lowest BCUT2D eigenvalue weighted by molar-refractivity contribution is -0.123. The fourth-order valence-corrected chi connectivity index (χ4v) is 4.50. The molecular weight excluding hydrogens is 256 g/mol. The van der Waals surface area contributed by atoms with Crippen LogP contribution >= 0.6 is 11.3 Å². The van der Waals surface area contributed by atoms with Crippen molar-refractivity contribution < 1.29 is 4.79 Å². The first-order valence-electron chi connectivity index (χ1n) is 7.36. The topological polar surface area (TPSA) is 41.1 Å². The van der Waals surface area contributed by atoms with Crippen LogP contribution in [0.5, 0.6) is 0 Å². The minimum Gasteiger partial charge on any atom is -0.350 e. The van der Waals surface area contributed by atoms with Crippen molar-refractivity contribution in [3.05, 3.63) is 21.9 Å². The van der Waals surface area contributed by atoms with Gasteiger partial charge in [0.15, 0.2) is 0 Å². The number of hydrogen-bond acceptors (Lipinski definition) is 3. The van der Waals surface area contributed by atoms with Gasteiger partial charge in [-0.25, -0.2) is 0 Å². The summed E-state index contributed by atoms with van der Waals surface area (Å²) in [4.78, 5) is 13.6. The predicted octanol–water partition coefficient (Wildman–Crippen LogP) is 2.31. The maximum atomic E-state index is 12.3. The first-order valence-corrected chi connectivity index (χ1v) is 8.24. The second kappa shape index (κ2) is 5.63. The van der Waals surface area contributed by atoms with E-state index in [-0.39, 0.29) is 11.9 Å². The molecule has 0 aromatic carbocycles. The van der Waals surface area contributed by atoms with Crippen molar-refractivity contribution in [3.8, 4) is 0 Å². The molecule has 0 spiro atoms. The van der Waals surface area contributed by atoms with Crippen LogP contribution in [0.15, 0.2) is 11.4 Å². The molecule has 1 aromatic heterocycles. The van der Waals surface area contributed by atoms with Gasteiger partial charge in [-0.1, -0.05) is 13.3 Å². The van der Waals surface area contributed by atoms with Gasteiger partial charge in [-0.2, -0.15) is 0 Å². The summed E-state index contributed by atoms with van der Waals surface area (Å²) in [5, 5.41) is 8.64. The lowest BCUT2D eigenvalue weighted by atomic mass is 9.93. The minimum absolute atomic E-state index is 0.0533. The van der Waals surface area contributed by atoms with E-state index in [0.29, 0.717) is 12.5 Å². The van der Waals surface area contributed by atoms with Crippen LogP contribution in [0, 0.1) is 11.8 Å². The summed E-state index contributed by atoms with van der Waals surface area (Å²) in [5.74, 6) is 1.52. The summed E-state index contributed by atoms with van der Waals surface area (Å²) in [6.07, 6.45) is 4.86. The van der Waals surface area contributed by atoms with E-state index in [9.17, 15) is 4.79 Å². The number of thiophene rings is 1. The molecule has 1 aromatic rings. The molecule has 3 unspecified atom stereocenters. The second-order valence-corrected chi connectivity index (χ2v) is 6.68. The number of fused-ring (bicyclic) bond motifs is 1. The van der Waals surface area contributed by atoms with Gasteiger partial charge in [-0.15, -0.1) is 11.3 Å². The Morgan fingerprint density at radius 3 is 3.26 bits per heavy atom. The third-order valence-electron chi connectivity index (χ3n) is 4.67. The van der Waals surface area contributed by atoms with Crippen LogP contribution < -0.4 is 10.6 Å². The van der Waals surface area contributed by atoms with Crippen molar-refractivity contribution in [3.63, 3.8) is 0 Å². The molecule has 2 fully saturated rings. The summed E-state index contributed by atoms with van der Waals surface area (Å²) in [7, 11) is 0. The van der Waals surface area contributed by atoms with Gasteiger partial charge in [0.1, 0.15) is 0 Å². The van der Waals surface area contributed by atoms with Gasteiger partial charge in [0.2, 0.25) is 5.91 Å². The van der Waals surface area contributed by atoms with Crippen LogP contribution in [0.3, 0.4) is 0 Å². The first kappa shape index (κ1) is 13.1. The first-order chi connectivity index (χ1) is 9.29. The van der Waals surface area contributed by atoms with Crippen molar-refractivity contribution in [2.75, 3.05) is 6.54 Å². The molecule has 3 nitrogen and oxygen atoms in total. The van der Waals surface area contributed by atoms with E-state index >= 15 is 0 Å². The number of carbonyl (C=O) groups excluding carboxylic acids is 1. The Morgan fingerprint density at radius 2 is 2.42 bits per heavy atom. The van der Waals surface area contributed by atoms with Crippen molar-refractivity contribution in [2.45, 2.75) is 45.2 Å². The number of hydrogen-bond donors (Lipinski definition) is 2. The Kier molecular flexibility index (Phi) is 3.89. The molecule has 3 atom stereocenters. The van der Waals surface area contributed by atoms with Gasteiger partial charge >= 0.3 is 0 Å². The zero-order chi connectivity index (χ0) is 13.2. The molecule has 0 radical (unpaired) electrons. The molecule has 0 bridgehead atoms. The molecule has 1 saturated carbocycles. The number of amides is 1. The highest BCUT2D eigenvalue weighted by Crippen LogP contribution is 2.37. The van der Waals surface area contributed by atoms with E-state index in [2.05, 4.69) is 29.0 Å². The number of rotatable bonds is 4. The zero-order valence-corrected chi connectivity index (χ0v) is 12.3. The summed E-state index contributed by atoms with van der Waals surface area (Å²) in [6.45, 7) is 3.88. The van der Waals surface area contributed by atoms with Crippen LogP contribution in [-0.2, 0) is 17.8 Å². The van der Waals surface area contributed by atoms with E-state index < -0.39 is 0 Å². The third-order valence-corrected chi connectivity index (χ3v) is 5.63. The van der Waals surface area contributed by atoms with Gasteiger partial charge in [0.25, 0.3) is 0 Å². The van der Waals surface area contributed by atoms with Crippen molar-refractivity contribution in [1.82, 2.24) is 10.6 Å². The second-order valence-electron chi connectivity index (χ2n) is 5.68. The standard InChI is InChI=1S/C15H22N2OS/c1-2-10-6-7-19-13(10)9-17-15(18)14-12-5-3-4-11(12)8-16-14/h6-7,11-12,14,16H,2-5,8-9H2,1H3,(H,17,18). The van der Waals surface area contributed by atoms with Gasteiger partial charge in [0.05, 0.1) is 12.6 Å². The van der Waals surface area contributed by atoms with Crippen LogP contribution in [0.4, 0.5) is 0 Å². The van der Waals surface area contributed by atoms with E-state index in [1.807, 2.05) is 0 Å². The fraction of sp³-hybridized carbons (Fsp3) is 0.667. The molecule has 1 aliphatic carbocycles. The molecule has 2 N–H and O–H groups in total. The molecule has 1 amide bonds. The van der Waals surface area contributed by atoms with E-state index in [0.717, 1.165) is 18.9 Å². The van der Waals surface area contributed by atoms with Crippen molar-refractivity contribution >= 4 is 17.2 Å². The SMILES string of the molecule is CCc1ccsc1CNC(=O)C1NCC2CCCC21. The van der Waals surface area contributed by atoms with Gasteiger partial charge in [-0.3, -0.25) is 4.79 Å². The smallest absolute Gasteiger partial charge is 0.237 e. The average Bonchev–Trinajstić information content (AvgIpc) is 3.11. The van der Waals surface area contributed by atoms with Gasteiger partial charge in [-0.05, 0) is 54.7 Å². The molecule has 104 valence electrons. The maximum absolute atomic E-state index is 12.3.